The van der Waals surface area contributed by atoms with E-state index in [0.29, 0.717) is 24.7 Å². The molecular formula is C19H21N5O2. The van der Waals surface area contributed by atoms with Crippen molar-refractivity contribution in [3.63, 3.8) is 0 Å². The number of hydrogen-bond acceptors (Lipinski definition) is 4. The minimum Gasteiger partial charge on any atom is -0.341 e. The fourth-order valence-corrected chi connectivity index (χ4v) is 3.00. The highest BCUT2D eigenvalue weighted by molar-refractivity contribution is 6.39. The van der Waals surface area contributed by atoms with Crippen LogP contribution in [0.5, 0.6) is 0 Å². The topological polar surface area (TPSA) is 99.8 Å². The van der Waals surface area contributed by atoms with E-state index in [0.717, 1.165) is 24.8 Å². The molecule has 1 unspecified atom stereocenters. The van der Waals surface area contributed by atoms with Crippen molar-refractivity contribution in [3.05, 3.63) is 48.2 Å². The number of aryl methyl sites for hydroxylation is 1. The average molecular weight is 351 g/mol. The van der Waals surface area contributed by atoms with Gasteiger partial charge in [-0.3, -0.25) is 14.3 Å². The molecule has 2 N–H and O–H groups in total. The molecule has 2 aromatic rings. The number of carbonyl (C=O) groups is 2. The Morgan fingerprint density at radius 3 is 2.65 bits per heavy atom. The Morgan fingerprint density at radius 1 is 1.23 bits per heavy atom. The van der Waals surface area contributed by atoms with Gasteiger partial charge in [0, 0.05) is 12.3 Å². The summed E-state index contributed by atoms with van der Waals surface area (Å²) in [5.74, 6) is -0.754. The molecule has 7 heteroatoms. The first-order valence-corrected chi connectivity index (χ1v) is 8.74. The Morgan fingerprint density at radius 2 is 2.00 bits per heavy atom. The second-order valence-corrected chi connectivity index (χ2v) is 6.38. The molecule has 1 saturated carbocycles. The Kier molecular flexibility index (Phi) is 5.64. The van der Waals surface area contributed by atoms with E-state index in [2.05, 4.69) is 15.7 Å². The number of hydrogen-bond donors (Lipinski definition) is 2. The second-order valence-electron chi connectivity index (χ2n) is 6.38. The molecule has 1 aromatic carbocycles. The van der Waals surface area contributed by atoms with Crippen molar-refractivity contribution in [1.29, 1.82) is 5.26 Å². The number of nitriles is 1. The summed E-state index contributed by atoms with van der Waals surface area (Å²) in [4.78, 5) is 24.6. The SMILES string of the molecule is N#CCCn1ccc(NC(=O)C(=O)NC(c2ccccc2)C2CCC2)n1. The molecule has 26 heavy (non-hydrogen) atoms. The van der Waals surface area contributed by atoms with Crippen molar-refractivity contribution in [3.8, 4) is 6.07 Å². The van der Waals surface area contributed by atoms with Crippen LogP contribution in [-0.2, 0) is 16.1 Å². The van der Waals surface area contributed by atoms with Crippen LogP contribution in [0.15, 0.2) is 42.6 Å². The van der Waals surface area contributed by atoms with Crippen LogP contribution in [0.4, 0.5) is 5.82 Å². The van der Waals surface area contributed by atoms with Gasteiger partial charge in [0.15, 0.2) is 5.82 Å². The Labute approximate surface area is 152 Å². The summed E-state index contributed by atoms with van der Waals surface area (Å²) in [6.45, 7) is 0.441. The van der Waals surface area contributed by atoms with Gasteiger partial charge in [0.2, 0.25) is 0 Å². The molecule has 1 atom stereocenters. The summed E-state index contributed by atoms with van der Waals surface area (Å²) in [6.07, 6.45) is 5.23. The summed E-state index contributed by atoms with van der Waals surface area (Å²) < 4.78 is 1.55. The van der Waals surface area contributed by atoms with Crippen LogP contribution in [0.1, 0.15) is 37.3 Å². The first-order chi connectivity index (χ1) is 12.7. The molecule has 1 heterocycles. The Hall–Kier alpha value is -3.14. The molecule has 7 nitrogen and oxygen atoms in total. The molecule has 1 aliphatic carbocycles. The van der Waals surface area contributed by atoms with Crippen LogP contribution < -0.4 is 10.6 Å². The normalized spacial score (nSPS) is 14.7. The van der Waals surface area contributed by atoms with Crippen LogP contribution >= 0.6 is 0 Å². The largest absolute Gasteiger partial charge is 0.341 e. The third-order valence-corrected chi connectivity index (χ3v) is 4.61. The van der Waals surface area contributed by atoms with Crippen LogP contribution in [0, 0.1) is 17.2 Å². The van der Waals surface area contributed by atoms with E-state index in [-0.39, 0.29) is 6.04 Å². The first kappa shape index (κ1) is 17.7. The Balaban J connectivity index is 1.61. The van der Waals surface area contributed by atoms with Crippen LogP contribution in [0.3, 0.4) is 0 Å². The lowest BCUT2D eigenvalue weighted by molar-refractivity contribution is -0.137. The molecule has 0 spiro atoms. The maximum Gasteiger partial charge on any atom is 0.314 e. The number of aromatic nitrogens is 2. The summed E-state index contributed by atoms with van der Waals surface area (Å²) in [6, 6.07) is 13.2. The molecule has 1 fully saturated rings. The maximum atomic E-state index is 12.4. The molecule has 0 saturated heterocycles. The first-order valence-electron chi connectivity index (χ1n) is 8.74. The molecule has 0 aliphatic heterocycles. The molecule has 1 aromatic heterocycles. The summed E-state index contributed by atoms with van der Waals surface area (Å²) in [7, 11) is 0. The molecule has 1 aliphatic rings. The van der Waals surface area contributed by atoms with Gasteiger partial charge < -0.3 is 10.6 Å². The zero-order valence-corrected chi connectivity index (χ0v) is 14.4. The van der Waals surface area contributed by atoms with Gasteiger partial charge in [-0.1, -0.05) is 36.8 Å². The molecule has 3 rings (SSSR count). The lowest BCUT2D eigenvalue weighted by atomic mass is 9.77. The van der Waals surface area contributed by atoms with Crippen LogP contribution in [0.2, 0.25) is 0 Å². The van der Waals surface area contributed by atoms with Crippen molar-refractivity contribution >= 4 is 17.6 Å². The van der Waals surface area contributed by atoms with Crippen molar-refractivity contribution in [1.82, 2.24) is 15.1 Å². The number of benzene rings is 1. The number of rotatable bonds is 6. The lowest BCUT2D eigenvalue weighted by Crippen LogP contribution is -2.42. The van der Waals surface area contributed by atoms with Gasteiger partial charge in [-0.25, -0.2) is 0 Å². The number of carbonyl (C=O) groups excluding carboxylic acids is 2. The molecule has 0 bridgehead atoms. The summed E-state index contributed by atoms with van der Waals surface area (Å²) in [5, 5.41) is 18.1. The maximum absolute atomic E-state index is 12.4. The smallest absolute Gasteiger partial charge is 0.314 e. The van der Waals surface area contributed by atoms with E-state index in [4.69, 9.17) is 5.26 Å². The van der Waals surface area contributed by atoms with Gasteiger partial charge in [-0.15, -0.1) is 0 Å². The van der Waals surface area contributed by atoms with E-state index >= 15 is 0 Å². The lowest BCUT2D eigenvalue weighted by Gasteiger charge is -2.34. The highest BCUT2D eigenvalue weighted by atomic mass is 16.2. The molecule has 2 amide bonds. The van der Waals surface area contributed by atoms with E-state index in [1.165, 1.54) is 0 Å². The van der Waals surface area contributed by atoms with Gasteiger partial charge in [0.05, 0.1) is 25.1 Å². The predicted octanol–water partition coefficient (Wildman–Crippen LogP) is 2.39. The fourth-order valence-electron chi connectivity index (χ4n) is 3.00. The predicted molar refractivity (Wildman–Crippen MR) is 95.8 cm³/mol. The third-order valence-electron chi connectivity index (χ3n) is 4.61. The number of nitrogens with zero attached hydrogens (tertiary/aromatic N) is 3. The monoisotopic (exact) mass is 351 g/mol. The minimum absolute atomic E-state index is 0.156. The molecule has 134 valence electrons. The van der Waals surface area contributed by atoms with Crippen molar-refractivity contribution in [2.45, 2.75) is 38.3 Å². The molecular weight excluding hydrogens is 330 g/mol. The van der Waals surface area contributed by atoms with Crippen molar-refractivity contribution in [2.75, 3.05) is 5.32 Å². The van der Waals surface area contributed by atoms with E-state index in [1.807, 2.05) is 36.4 Å². The minimum atomic E-state index is -0.740. The third kappa shape index (κ3) is 4.28. The zero-order chi connectivity index (χ0) is 18.4. The molecule has 0 radical (unpaired) electrons. The van der Waals surface area contributed by atoms with Gasteiger partial charge in [-0.2, -0.15) is 10.4 Å². The quantitative estimate of drug-likeness (QED) is 0.781. The number of amides is 2. The van der Waals surface area contributed by atoms with E-state index in [9.17, 15) is 9.59 Å². The summed E-state index contributed by atoms with van der Waals surface area (Å²) >= 11 is 0. The average Bonchev–Trinajstić information content (AvgIpc) is 3.05. The van der Waals surface area contributed by atoms with E-state index in [1.54, 1.807) is 16.9 Å². The number of nitrogens with one attached hydrogen (secondary N) is 2. The van der Waals surface area contributed by atoms with Crippen LogP contribution in [-0.4, -0.2) is 21.6 Å². The summed E-state index contributed by atoms with van der Waals surface area (Å²) in [5.41, 5.74) is 1.01. The Bertz CT molecular complexity index is 805. The van der Waals surface area contributed by atoms with Crippen molar-refractivity contribution < 1.29 is 9.59 Å². The van der Waals surface area contributed by atoms with Crippen LogP contribution in [0.25, 0.3) is 0 Å². The highest BCUT2D eigenvalue weighted by Gasteiger charge is 2.31. The van der Waals surface area contributed by atoms with Crippen molar-refractivity contribution in [2.24, 2.45) is 5.92 Å². The zero-order valence-electron chi connectivity index (χ0n) is 14.4. The van der Waals surface area contributed by atoms with Gasteiger partial charge >= 0.3 is 11.8 Å². The van der Waals surface area contributed by atoms with E-state index < -0.39 is 11.8 Å². The van der Waals surface area contributed by atoms with Gasteiger partial charge in [-0.05, 0) is 24.3 Å². The number of anilines is 1. The standard InChI is InChI=1S/C19H21N5O2/c20-11-5-12-24-13-10-16(23-24)21-18(25)19(26)22-17(15-8-4-9-15)14-6-2-1-3-7-14/h1-3,6-7,10,13,15,17H,4-5,8-9,12H2,(H,22,26)(H,21,23,25). The second kappa shape index (κ2) is 8.30. The fraction of sp³-hybridized carbons (Fsp3) is 0.368. The van der Waals surface area contributed by atoms with Gasteiger partial charge in [0.1, 0.15) is 0 Å². The highest BCUT2D eigenvalue weighted by Crippen LogP contribution is 2.37. The van der Waals surface area contributed by atoms with Gasteiger partial charge in [0.25, 0.3) is 0 Å².